The summed E-state index contributed by atoms with van der Waals surface area (Å²) in [5.41, 5.74) is -1.40. The lowest BCUT2D eigenvalue weighted by molar-refractivity contribution is -0.129. The molecule has 38 heavy (non-hydrogen) atoms. The van der Waals surface area contributed by atoms with Crippen molar-refractivity contribution < 1.29 is 27.8 Å². The molecule has 2 fully saturated rings. The average molecular weight is 532 g/mol. The van der Waals surface area contributed by atoms with Gasteiger partial charge in [0.05, 0.1) is 24.3 Å². The summed E-state index contributed by atoms with van der Waals surface area (Å²) in [6.07, 6.45) is 3.34. The van der Waals surface area contributed by atoms with Gasteiger partial charge in [-0.3, -0.25) is 9.78 Å². The smallest absolute Gasteiger partial charge is 0.410 e. The van der Waals surface area contributed by atoms with E-state index < -0.39 is 28.7 Å². The molecule has 2 aromatic heterocycles. The van der Waals surface area contributed by atoms with Crippen LogP contribution in [0.3, 0.4) is 0 Å². The Bertz CT molecular complexity index is 1190. The van der Waals surface area contributed by atoms with Crippen molar-refractivity contribution in [1.29, 1.82) is 0 Å². The summed E-state index contributed by atoms with van der Waals surface area (Å²) in [7, 11) is 3.35. The average Bonchev–Trinajstić information content (AvgIpc) is 3.27. The number of hydrogen-bond acceptors (Lipinski definition) is 7. The molecule has 1 N–H and O–H groups in total. The van der Waals surface area contributed by atoms with E-state index in [1.54, 1.807) is 25.7 Å². The van der Waals surface area contributed by atoms with E-state index in [9.17, 15) is 14.0 Å². The number of amides is 2. The summed E-state index contributed by atoms with van der Waals surface area (Å²) < 4.78 is 40.1. The minimum absolute atomic E-state index is 0.0204. The van der Waals surface area contributed by atoms with Gasteiger partial charge >= 0.3 is 6.09 Å². The fraction of sp³-hybridized carbons (Fsp3) is 0.556. The molecule has 0 saturated carbocycles. The van der Waals surface area contributed by atoms with Crippen molar-refractivity contribution in [2.75, 3.05) is 40.3 Å². The number of methoxy groups -OCH3 is 1. The minimum atomic E-state index is -1.10. The molecule has 11 heteroatoms. The first-order chi connectivity index (χ1) is 17.9. The van der Waals surface area contributed by atoms with Gasteiger partial charge in [0.15, 0.2) is 0 Å². The molecule has 2 aromatic rings. The second-order valence-corrected chi connectivity index (χ2v) is 11.0. The van der Waals surface area contributed by atoms with Gasteiger partial charge in [0.1, 0.15) is 22.9 Å². The fourth-order valence-corrected chi connectivity index (χ4v) is 5.08. The molecule has 4 heterocycles. The summed E-state index contributed by atoms with van der Waals surface area (Å²) in [5, 5.41) is 3.15. The van der Waals surface area contributed by atoms with E-state index >= 15 is 4.39 Å². The van der Waals surface area contributed by atoms with Crippen LogP contribution in [-0.2, 0) is 14.9 Å². The summed E-state index contributed by atoms with van der Waals surface area (Å²) >= 11 is 0. The minimum Gasteiger partial charge on any atom is -0.481 e. The van der Waals surface area contributed by atoms with Gasteiger partial charge in [-0.25, -0.2) is 18.6 Å². The molecular weight excluding hydrogens is 496 g/mol. The van der Waals surface area contributed by atoms with E-state index in [2.05, 4.69) is 20.2 Å². The zero-order valence-corrected chi connectivity index (χ0v) is 22.5. The molecule has 1 atom stereocenters. The van der Waals surface area contributed by atoms with E-state index in [1.807, 2.05) is 7.05 Å². The normalized spacial score (nSPS) is 19.8. The molecule has 2 amide bonds. The summed E-state index contributed by atoms with van der Waals surface area (Å²) in [6.45, 7) is 7.51. The molecule has 0 radical (unpaired) electrons. The van der Waals surface area contributed by atoms with Gasteiger partial charge in [-0.1, -0.05) is 0 Å². The van der Waals surface area contributed by atoms with Crippen molar-refractivity contribution in [2.45, 2.75) is 57.1 Å². The van der Waals surface area contributed by atoms with Gasteiger partial charge < -0.3 is 24.6 Å². The number of carbonyl (C=O) groups excluding carboxylic acids is 2. The number of hydrogen-bond donors (Lipinski definition) is 1. The maximum Gasteiger partial charge on any atom is 0.410 e. The van der Waals surface area contributed by atoms with Crippen molar-refractivity contribution >= 4 is 12.0 Å². The van der Waals surface area contributed by atoms with Crippen molar-refractivity contribution in [3.8, 4) is 17.1 Å². The highest BCUT2D eigenvalue weighted by molar-refractivity contribution is 5.89. The number of ether oxygens (including phenoxy) is 2. The molecule has 0 spiro atoms. The van der Waals surface area contributed by atoms with Crippen molar-refractivity contribution in [3.63, 3.8) is 0 Å². The second kappa shape index (κ2) is 10.8. The van der Waals surface area contributed by atoms with Crippen molar-refractivity contribution in [2.24, 2.45) is 0 Å². The standard InChI is InChI=1S/C27H35F2N5O4/c1-26(2,3)38-25(36)34-10-7-27(8-11-34,24(35)32-19-6-9-33(4)16-19)17-12-21(29)22(30-14-17)20-13-18(28)15-31-23(20)37-5/h12-15,19H,6-11,16H2,1-5H3,(H,32,35)/t19-/m0/s1. The molecule has 0 bridgehead atoms. The van der Waals surface area contributed by atoms with Crippen LogP contribution in [0.2, 0.25) is 0 Å². The van der Waals surface area contributed by atoms with Gasteiger partial charge in [-0.05, 0) is 71.3 Å². The SMILES string of the molecule is COc1ncc(F)cc1-c1ncc(C2(C(=O)N[C@H]3CCN(C)C3)CCN(C(=O)OC(C)(C)C)CC2)cc1F. The number of nitrogens with zero attached hydrogens (tertiary/aromatic N) is 4. The fourth-order valence-electron chi connectivity index (χ4n) is 5.08. The third-order valence-corrected chi connectivity index (χ3v) is 7.09. The number of piperidine rings is 1. The van der Waals surface area contributed by atoms with Gasteiger partial charge in [-0.15, -0.1) is 0 Å². The first-order valence-corrected chi connectivity index (χ1v) is 12.8. The van der Waals surface area contributed by atoms with Crippen molar-refractivity contribution in [1.82, 2.24) is 25.1 Å². The Kier molecular flexibility index (Phi) is 7.87. The summed E-state index contributed by atoms with van der Waals surface area (Å²) in [5.74, 6) is -1.57. The molecule has 4 rings (SSSR count). The number of likely N-dealkylation sites (N-methyl/N-ethyl adjacent to an activating group) is 1. The number of nitrogens with one attached hydrogen (secondary N) is 1. The van der Waals surface area contributed by atoms with E-state index in [1.165, 1.54) is 19.4 Å². The first-order valence-electron chi connectivity index (χ1n) is 12.8. The topological polar surface area (TPSA) is 96.9 Å². The highest BCUT2D eigenvalue weighted by atomic mass is 19.1. The molecular formula is C27H35F2N5O4. The quantitative estimate of drug-likeness (QED) is 0.631. The highest BCUT2D eigenvalue weighted by Crippen LogP contribution is 2.39. The van der Waals surface area contributed by atoms with Gasteiger partial charge in [0.25, 0.3) is 0 Å². The van der Waals surface area contributed by atoms with Crippen molar-refractivity contribution in [3.05, 3.63) is 41.7 Å². The lowest BCUT2D eigenvalue weighted by atomic mass is 9.72. The lowest BCUT2D eigenvalue weighted by Crippen LogP contribution is -2.55. The van der Waals surface area contributed by atoms with Crippen LogP contribution in [0.15, 0.2) is 24.5 Å². The van der Waals surface area contributed by atoms with Crippen LogP contribution in [0.5, 0.6) is 5.88 Å². The Balaban J connectivity index is 1.65. The Morgan fingerprint density at radius 3 is 2.39 bits per heavy atom. The highest BCUT2D eigenvalue weighted by Gasteiger charge is 2.46. The second-order valence-electron chi connectivity index (χ2n) is 11.0. The Hall–Kier alpha value is -3.34. The predicted octanol–water partition coefficient (Wildman–Crippen LogP) is 3.52. The van der Waals surface area contributed by atoms with Crippen LogP contribution in [-0.4, -0.2) is 83.7 Å². The third-order valence-electron chi connectivity index (χ3n) is 7.09. The van der Waals surface area contributed by atoms with Gasteiger partial charge in [0.2, 0.25) is 11.8 Å². The van der Waals surface area contributed by atoms with E-state index in [4.69, 9.17) is 9.47 Å². The lowest BCUT2D eigenvalue weighted by Gasteiger charge is -2.41. The number of aromatic nitrogens is 2. The number of halogens is 2. The number of carbonyl (C=O) groups is 2. The molecule has 2 aliphatic rings. The first kappa shape index (κ1) is 27.7. The molecule has 206 valence electrons. The van der Waals surface area contributed by atoms with E-state index in [0.29, 0.717) is 5.56 Å². The monoisotopic (exact) mass is 531 g/mol. The van der Waals surface area contributed by atoms with Gasteiger partial charge in [0, 0.05) is 31.9 Å². The molecule has 0 unspecified atom stereocenters. The van der Waals surface area contributed by atoms with Crippen LogP contribution < -0.4 is 10.1 Å². The van der Waals surface area contributed by atoms with Crippen LogP contribution in [0.4, 0.5) is 13.6 Å². The Morgan fingerprint density at radius 2 is 1.82 bits per heavy atom. The molecule has 2 aliphatic heterocycles. The Labute approximate surface area is 221 Å². The van der Waals surface area contributed by atoms with Crippen LogP contribution in [0, 0.1) is 11.6 Å². The number of pyridine rings is 2. The van der Waals surface area contributed by atoms with Crippen LogP contribution in [0.1, 0.15) is 45.6 Å². The Morgan fingerprint density at radius 1 is 1.11 bits per heavy atom. The number of likely N-dealkylation sites (tertiary alicyclic amines) is 2. The number of rotatable bonds is 5. The predicted molar refractivity (Wildman–Crippen MR) is 137 cm³/mol. The van der Waals surface area contributed by atoms with E-state index in [-0.39, 0.29) is 55.0 Å². The maximum atomic E-state index is 15.5. The van der Waals surface area contributed by atoms with Gasteiger partial charge in [-0.2, -0.15) is 0 Å². The molecule has 0 aromatic carbocycles. The third kappa shape index (κ3) is 5.87. The van der Waals surface area contributed by atoms with Crippen LogP contribution >= 0.6 is 0 Å². The zero-order chi connectivity index (χ0) is 27.7. The summed E-state index contributed by atoms with van der Waals surface area (Å²) in [6, 6.07) is 2.36. The molecule has 9 nitrogen and oxygen atoms in total. The molecule has 0 aliphatic carbocycles. The maximum absolute atomic E-state index is 15.5. The van der Waals surface area contributed by atoms with E-state index in [0.717, 1.165) is 31.8 Å². The van der Waals surface area contributed by atoms with Crippen LogP contribution in [0.25, 0.3) is 11.3 Å². The molecule has 2 saturated heterocycles. The largest absolute Gasteiger partial charge is 0.481 e. The zero-order valence-electron chi connectivity index (χ0n) is 22.5. The summed E-state index contributed by atoms with van der Waals surface area (Å²) in [4.78, 5) is 38.3.